The van der Waals surface area contributed by atoms with E-state index < -0.39 is 6.10 Å². The molecule has 0 fully saturated rings. The summed E-state index contributed by atoms with van der Waals surface area (Å²) in [4.78, 5) is 12.5. The van der Waals surface area contributed by atoms with Crippen LogP contribution in [0.5, 0.6) is 5.75 Å². The first kappa shape index (κ1) is 17.0. The predicted molar refractivity (Wildman–Crippen MR) is 101 cm³/mol. The third-order valence-electron chi connectivity index (χ3n) is 4.39. The van der Waals surface area contributed by atoms with Gasteiger partial charge in [0.15, 0.2) is 6.10 Å². The smallest absolute Gasteiger partial charge is 0.265 e. The molecule has 24 heavy (non-hydrogen) atoms. The molecule has 0 aromatic heterocycles. The number of carbonyl (C=O) groups is 1. The van der Waals surface area contributed by atoms with E-state index in [2.05, 4.69) is 33.4 Å². The van der Waals surface area contributed by atoms with Crippen LogP contribution in [-0.4, -0.2) is 12.0 Å². The second-order valence-corrected chi connectivity index (χ2v) is 6.98. The molecule has 0 saturated heterocycles. The normalized spacial score (nSPS) is 14.6. The summed E-state index contributed by atoms with van der Waals surface area (Å²) in [5.74, 6) is 0.659. The van der Waals surface area contributed by atoms with Gasteiger partial charge in [-0.3, -0.25) is 4.79 Å². The maximum Gasteiger partial charge on any atom is 0.265 e. The van der Waals surface area contributed by atoms with Gasteiger partial charge in [0.1, 0.15) is 5.75 Å². The summed E-state index contributed by atoms with van der Waals surface area (Å²) in [6, 6.07) is 13.8. The molecule has 1 amide bonds. The molecular formula is C20H22BrNO2. The van der Waals surface area contributed by atoms with E-state index in [-0.39, 0.29) is 5.91 Å². The molecule has 1 aliphatic carbocycles. The van der Waals surface area contributed by atoms with Crippen molar-refractivity contribution in [3.05, 3.63) is 58.1 Å². The zero-order chi connectivity index (χ0) is 16.9. The number of rotatable bonds is 5. The lowest BCUT2D eigenvalue weighted by Gasteiger charge is -2.20. The van der Waals surface area contributed by atoms with Crippen LogP contribution < -0.4 is 10.1 Å². The summed E-state index contributed by atoms with van der Waals surface area (Å²) >= 11 is 3.45. The van der Waals surface area contributed by atoms with Gasteiger partial charge in [0.05, 0.1) is 5.69 Å². The van der Waals surface area contributed by atoms with Gasteiger partial charge >= 0.3 is 0 Å². The van der Waals surface area contributed by atoms with Gasteiger partial charge in [-0.25, -0.2) is 0 Å². The van der Waals surface area contributed by atoms with Crippen molar-refractivity contribution in [2.75, 3.05) is 5.32 Å². The number of anilines is 1. The van der Waals surface area contributed by atoms with Crippen molar-refractivity contribution in [3.63, 3.8) is 0 Å². The summed E-state index contributed by atoms with van der Waals surface area (Å²) < 4.78 is 6.84. The molecule has 0 unspecified atom stereocenters. The number of aryl methyl sites for hydroxylation is 2. The molecule has 2 aromatic carbocycles. The summed E-state index contributed by atoms with van der Waals surface area (Å²) in [5, 5.41) is 2.93. The van der Waals surface area contributed by atoms with Gasteiger partial charge in [-0.15, -0.1) is 0 Å². The Hall–Kier alpha value is -1.81. The molecule has 1 N–H and O–H groups in total. The van der Waals surface area contributed by atoms with Gasteiger partial charge in [-0.2, -0.15) is 0 Å². The number of benzene rings is 2. The van der Waals surface area contributed by atoms with Crippen LogP contribution in [0.3, 0.4) is 0 Å². The third-order valence-corrected chi connectivity index (χ3v) is 5.08. The first-order valence-electron chi connectivity index (χ1n) is 8.51. The fourth-order valence-corrected chi connectivity index (χ4v) is 3.43. The standard InChI is InChI=1S/C20H22BrNO2/c1-2-19(20(23)22-18-10-6-5-9-17(18)21)24-16-12-11-14-7-3-4-8-15(14)13-16/h5-6,9-13,19H,2-4,7-8H2,1H3,(H,22,23)/t19-/m0/s1. The van der Waals surface area contributed by atoms with Crippen molar-refractivity contribution in [1.82, 2.24) is 0 Å². The molecule has 0 heterocycles. The molecule has 0 saturated carbocycles. The number of nitrogens with one attached hydrogen (secondary N) is 1. The first-order chi connectivity index (χ1) is 11.7. The Bertz CT molecular complexity index is 729. The molecule has 1 atom stereocenters. The molecule has 0 radical (unpaired) electrons. The van der Waals surface area contributed by atoms with Crippen molar-refractivity contribution in [2.24, 2.45) is 0 Å². The maximum atomic E-state index is 12.5. The minimum Gasteiger partial charge on any atom is -0.481 e. The highest BCUT2D eigenvalue weighted by Gasteiger charge is 2.20. The van der Waals surface area contributed by atoms with Crippen LogP contribution in [0.15, 0.2) is 46.9 Å². The van der Waals surface area contributed by atoms with Crippen molar-refractivity contribution >= 4 is 27.5 Å². The second-order valence-electron chi connectivity index (χ2n) is 6.12. The largest absolute Gasteiger partial charge is 0.481 e. The number of para-hydroxylation sites is 1. The highest BCUT2D eigenvalue weighted by atomic mass is 79.9. The van der Waals surface area contributed by atoms with Crippen LogP contribution in [0.1, 0.15) is 37.3 Å². The lowest BCUT2D eigenvalue weighted by Crippen LogP contribution is -2.32. The van der Waals surface area contributed by atoms with Gasteiger partial charge in [0, 0.05) is 4.47 Å². The number of halogens is 1. The van der Waals surface area contributed by atoms with E-state index in [4.69, 9.17) is 4.74 Å². The van der Waals surface area contributed by atoms with E-state index in [0.29, 0.717) is 6.42 Å². The zero-order valence-electron chi connectivity index (χ0n) is 13.8. The SMILES string of the molecule is CC[C@H](Oc1ccc2c(c1)CCCC2)C(=O)Nc1ccccc1Br. The zero-order valence-corrected chi connectivity index (χ0v) is 15.4. The van der Waals surface area contributed by atoms with E-state index in [0.717, 1.165) is 28.8 Å². The monoisotopic (exact) mass is 387 g/mol. The van der Waals surface area contributed by atoms with Crippen molar-refractivity contribution in [2.45, 2.75) is 45.1 Å². The van der Waals surface area contributed by atoms with Gasteiger partial charge in [0.2, 0.25) is 0 Å². The van der Waals surface area contributed by atoms with Crippen LogP contribution in [0.4, 0.5) is 5.69 Å². The van der Waals surface area contributed by atoms with Gasteiger partial charge < -0.3 is 10.1 Å². The van der Waals surface area contributed by atoms with Crippen LogP contribution in [0.2, 0.25) is 0 Å². The predicted octanol–water partition coefficient (Wildman–Crippen LogP) is 5.12. The molecule has 0 bridgehead atoms. The Morgan fingerprint density at radius 2 is 1.92 bits per heavy atom. The average molecular weight is 388 g/mol. The lowest BCUT2D eigenvalue weighted by molar-refractivity contribution is -0.122. The second kappa shape index (κ2) is 7.84. The minimum atomic E-state index is -0.501. The topological polar surface area (TPSA) is 38.3 Å². The van der Waals surface area contributed by atoms with Crippen LogP contribution in [-0.2, 0) is 17.6 Å². The fourth-order valence-electron chi connectivity index (χ4n) is 3.05. The summed E-state index contributed by atoms with van der Waals surface area (Å²) in [6.45, 7) is 1.96. The summed E-state index contributed by atoms with van der Waals surface area (Å²) in [5.41, 5.74) is 3.54. The number of amides is 1. The molecule has 2 aromatic rings. The number of hydrogen-bond acceptors (Lipinski definition) is 2. The summed E-state index contributed by atoms with van der Waals surface area (Å²) in [7, 11) is 0. The van der Waals surface area contributed by atoms with Crippen molar-refractivity contribution < 1.29 is 9.53 Å². The average Bonchev–Trinajstić information content (AvgIpc) is 2.61. The van der Waals surface area contributed by atoms with E-state index in [1.54, 1.807) is 0 Å². The van der Waals surface area contributed by atoms with E-state index in [1.807, 2.05) is 37.3 Å². The van der Waals surface area contributed by atoms with Gasteiger partial charge in [-0.1, -0.05) is 25.1 Å². The summed E-state index contributed by atoms with van der Waals surface area (Å²) in [6.07, 6.45) is 4.86. The Morgan fingerprint density at radius 1 is 1.17 bits per heavy atom. The lowest BCUT2D eigenvalue weighted by atomic mass is 9.92. The Morgan fingerprint density at radius 3 is 2.67 bits per heavy atom. The highest BCUT2D eigenvalue weighted by molar-refractivity contribution is 9.10. The van der Waals surface area contributed by atoms with Crippen LogP contribution >= 0.6 is 15.9 Å². The quantitative estimate of drug-likeness (QED) is 0.772. The third kappa shape index (κ3) is 3.99. The minimum absolute atomic E-state index is 0.123. The molecule has 1 aliphatic rings. The van der Waals surface area contributed by atoms with Crippen LogP contribution in [0.25, 0.3) is 0 Å². The first-order valence-corrected chi connectivity index (χ1v) is 9.30. The molecule has 3 rings (SSSR count). The molecule has 3 nitrogen and oxygen atoms in total. The van der Waals surface area contributed by atoms with E-state index in [9.17, 15) is 4.79 Å². The van der Waals surface area contributed by atoms with Crippen LogP contribution in [0, 0.1) is 0 Å². The fraction of sp³-hybridized carbons (Fsp3) is 0.350. The molecular weight excluding hydrogens is 366 g/mol. The molecule has 4 heteroatoms. The number of carbonyl (C=O) groups excluding carboxylic acids is 1. The van der Waals surface area contributed by atoms with Gasteiger partial charge in [0.25, 0.3) is 5.91 Å². The Labute approximate surface area is 151 Å². The van der Waals surface area contributed by atoms with Crippen molar-refractivity contribution in [3.8, 4) is 5.75 Å². The Kier molecular flexibility index (Phi) is 5.56. The molecule has 0 aliphatic heterocycles. The Balaban J connectivity index is 1.70. The number of fused-ring (bicyclic) bond motifs is 1. The van der Waals surface area contributed by atoms with Crippen molar-refractivity contribution in [1.29, 1.82) is 0 Å². The van der Waals surface area contributed by atoms with E-state index in [1.165, 1.54) is 24.0 Å². The number of hydrogen-bond donors (Lipinski definition) is 1. The number of ether oxygens (including phenoxy) is 1. The highest BCUT2D eigenvalue weighted by Crippen LogP contribution is 2.27. The van der Waals surface area contributed by atoms with Gasteiger partial charge in [-0.05, 0) is 83.4 Å². The molecule has 0 spiro atoms. The van der Waals surface area contributed by atoms with E-state index >= 15 is 0 Å². The maximum absolute atomic E-state index is 12.5. The molecule has 126 valence electrons.